The lowest BCUT2D eigenvalue weighted by molar-refractivity contribution is 0.469. The third-order valence-corrected chi connectivity index (χ3v) is 3.21. The van der Waals surface area contributed by atoms with Crippen molar-refractivity contribution in [2.75, 3.05) is 7.05 Å². The van der Waals surface area contributed by atoms with Crippen LogP contribution in [0.2, 0.25) is 5.02 Å². The predicted molar refractivity (Wildman–Crippen MR) is 76.2 cm³/mol. The molecule has 2 rings (SSSR count). The highest BCUT2D eigenvalue weighted by Gasteiger charge is 2.07. The summed E-state index contributed by atoms with van der Waals surface area (Å²) in [4.78, 5) is 4.08. The minimum absolute atomic E-state index is 0.663. The molecule has 94 valence electrons. The summed E-state index contributed by atoms with van der Waals surface area (Å²) in [6.07, 6.45) is 3.45. The molecular formula is C13H12BrClN2O. The standard InChI is InChI=1S/C13H12BrClN2O/c1-16-7-9-4-5-17-8-13(9)18-12-3-2-10(15)6-11(12)14/h2-6,8,16H,7H2,1H3. The second-order valence-corrected chi connectivity index (χ2v) is 4.98. The minimum atomic E-state index is 0.663. The lowest BCUT2D eigenvalue weighted by Gasteiger charge is -2.11. The van der Waals surface area contributed by atoms with Gasteiger partial charge in [0.25, 0.3) is 0 Å². The Morgan fingerprint density at radius 3 is 2.89 bits per heavy atom. The van der Waals surface area contributed by atoms with E-state index in [9.17, 15) is 0 Å². The summed E-state index contributed by atoms with van der Waals surface area (Å²) in [5.41, 5.74) is 1.05. The highest BCUT2D eigenvalue weighted by molar-refractivity contribution is 9.10. The minimum Gasteiger partial charge on any atom is -0.454 e. The van der Waals surface area contributed by atoms with Crippen LogP contribution in [-0.4, -0.2) is 12.0 Å². The van der Waals surface area contributed by atoms with Crippen molar-refractivity contribution in [3.63, 3.8) is 0 Å². The van der Waals surface area contributed by atoms with Gasteiger partial charge in [-0.25, -0.2) is 0 Å². The number of benzene rings is 1. The van der Waals surface area contributed by atoms with Crippen LogP contribution < -0.4 is 10.1 Å². The van der Waals surface area contributed by atoms with Crippen LogP contribution in [0.4, 0.5) is 0 Å². The van der Waals surface area contributed by atoms with Gasteiger partial charge in [0.2, 0.25) is 0 Å². The number of ether oxygens (including phenoxy) is 1. The van der Waals surface area contributed by atoms with Crippen molar-refractivity contribution >= 4 is 27.5 Å². The molecular weight excluding hydrogens is 316 g/mol. The Morgan fingerprint density at radius 1 is 1.33 bits per heavy atom. The summed E-state index contributed by atoms with van der Waals surface area (Å²) in [6.45, 7) is 0.725. The molecule has 0 fully saturated rings. The molecule has 0 aliphatic rings. The van der Waals surface area contributed by atoms with E-state index in [2.05, 4.69) is 26.2 Å². The molecule has 0 amide bonds. The molecule has 0 aliphatic heterocycles. The largest absolute Gasteiger partial charge is 0.454 e. The van der Waals surface area contributed by atoms with Crippen molar-refractivity contribution < 1.29 is 4.74 Å². The molecule has 0 saturated heterocycles. The zero-order valence-electron chi connectivity index (χ0n) is 9.78. The zero-order valence-corrected chi connectivity index (χ0v) is 12.1. The number of aromatic nitrogens is 1. The molecule has 18 heavy (non-hydrogen) atoms. The van der Waals surface area contributed by atoms with E-state index in [-0.39, 0.29) is 0 Å². The molecule has 5 heteroatoms. The topological polar surface area (TPSA) is 34.2 Å². The van der Waals surface area contributed by atoms with Crippen molar-refractivity contribution in [2.45, 2.75) is 6.54 Å². The van der Waals surface area contributed by atoms with Crippen LogP contribution in [0.1, 0.15) is 5.56 Å². The van der Waals surface area contributed by atoms with Gasteiger partial charge >= 0.3 is 0 Å². The summed E-state index contributed by atoms with van der Waals surface area (Å²) in [5.74, 6) is 1.44. The van der Waals surface area contributed by atoms with E-state index >= 15 is 0 Å². The number of nitrogens with zero attached hydrogens (tertiary/aromatic N) is 1. The molecule has 0 unspecified atom stereocenters. The molecule has 0 radical (unpaired) electrons. The van der Waals surface area contributed by atoms with Crippen LogP contribution >= 0.6 is 27.5 Å². The predicted octanol–water partition coefficient (Wildman–Crippen LogP) is 4.01. The van der Waals surface area contributed by atoms with Crippen molar-refractivity contribution in [2.24, 2.45) is 0 Å². The fourth-order valence-corrected chi connectivity index (χ4v) is 2.28. The molecule has 0 spiro atoms. The van der Waals surface area contributed by atoms with Crippen LogP contribution in [0.25, 0.3) is 0 Å². The summed E-state index contributed by atoms with van der Waals surface area (Å²) in [6, 6.07) is 7.33. The Hall–Kier alpha value is -1.10. The maximum atomic E-state index is 5.89. The van der Waals surface area contributed by atoms with Crippen LogP contribution in [0, 0.1) is 0 Å². The van der Waals surface area contributed by atoms with Gasteiger partial charge in [-0.1, -0.05) is 11.6 Å². The Labute approximate surface area is 119 Å². The first-order chi connectivity index (χ1) is 8.70. The van der Waals surface area contributed by atoms with Gasteiger partial charge in [-0.3, -0.25) is 4.98 Å². The van der Waals surface area contributed by atoms with E-state index in [1.165, 1.54) is 0 Å². The average molecular weight is 328 g/mol. The van der Waals surface area contributed by atoms with Crippen molar-refractivity contribution in [1.29, 1.82) is 0 Å². The molecule has 2 aromatic rings. The van der Waals surface area contributed by atoms with Gasteiger partial charge in [0.15, 0.2) is 0 Å². The molecule has 1 N–H and O–H groups in total. The molecule has 3 nitrogen and oxygen atoms in total. The molecule has 0 bridgehead atoms. The molecule has 0 aliphatic carbocycles. The van der Waals surface area contributed by atoms with Gasteiger partial charge < -0.3 is 10.1 Å². The highest BCUT2D eigenvalue weighted by atomic mass is 79.9. The second kappa shape index (κ2) is 6.18. The first-order valence-electron chi connectivity index (χ1n) is 5.41. The zero-order chi connectivity index (χ0) is 13.0. The SMILES string of the molecule is CNCc1ccncc1Oc1ccc(Cl)cc1Br. The highest BCUT2D eigenvalue weighted by Crippen LogP contribution is 2.32. The van der Waals surface area contributed by atoms with Crippen molar-refractivity contribution in [3.8, 4) is 11.5 Å². The second-order valence-electron chi connectivity index (χ2n) is 3.69. The number of hydrogen-bond donors (Lipinski definition) is 1. The van der Waals surface area contributed by atoms with Gasteiger partial charge in [0.1, 0.15) is 11.5 Å². The fraction of sp³-hybridized carbons (Fsp3) is 0.154. The molecule has 1 aromatic carbocycles. The molecule has 0 saturated carbocycles. The van der Waals surface area contributed by atoms with E-state index < -0.39 is 0 Å². The Bertz CT molecular complexity index is 548. The third kappa shape index (κ3) is 3.22. The lowest BCUT2D eigenvalue weighted by Crippen LogP contribution is -2.06. The van der Waals surface area contributed by atoms with Gasteiger partial charge in [-0.05, 0) is 47.2 Å². The monoisotopic (exact) mass is 326 g/mol. The number of pyridine rings is 1. The lowest BCUT2D eigenvalue weighted by atomic mass is 10.2. The first-order valence-corrected chi connectivity index (χ1v) is 6.58. The fourth-order valence-electron chi connectivity index (χ4n) is 1.51. The van der Waals surface area contributed by atoms with Crippen molar-refractivity contribution in [1.82, 2.24) is 10.3 Å². The summed E-state index contributed by atoms with van der Waals surface area (Å²) < 4.78 is 6.65. The van der Waals surface area contributed by atoms with E-state index in [1.54, 1.807) is 24.5 Å². The maximum Gasteiger partial charge on any atom is 0.150 e. The number of hydrogen-bond acceptors (Lipinski definition) is 3. The first kappa shape index (κ1) is 13.3. The van der Waals surface area contributed by atoms with Gasteiger partial charge in [-0.2, -0.15) is 0 Å². The Balaban J connectivity index is 2.28. The third-order valence-electron chi connectivity index (χ3n) is 2.35. The summed E-state index contributed by atoms with van der Waals surface area (Å²) in [7, 11) is 1.89. The van der Waals surface area contributed by atoms with Crippen LogP contribution in [-0.2, 0) is 6.54 Å². The maximum absolute atomic E-state index is 5.89. The quantitative estimate of drug-likeness (QED) is 0.921. The number of nitrogens with one attached hydrogen (secondary N) is 1. The van der Waals surface area contributed by atoms with E-state index in [1.807, 2.05) is 19.2 Å². The molecule has 0 atom stereocenters. The normalized spacial score (nSPS) is 10.4. The van der Waals surface area contributed by atoms with Crippen LogP contribution in [0.5, 0.6) is 11.5 Å². The van der Waals surface area contributed by atoms with E-state index in [0.717, 1.165) is 22.3 Å². The number of rotatable bonds is 4. The smallest absolute Gasteiger partial charge is 0.150 e. The molecule has 1 heterocycles. The van der Waals surface area contributed by atoms with Gasteiger partial charge in [-0.15, -0.1) is 0 Å². The molecule has 1 aromatic heterocycles. The Kier molecular flexibility index (Phi) is 4.58. The van der Waals surface area contributed by atoms with Crippen LogP contribution in [0.3, 0.4) is 0 Å². The Morgan fingerprint density at radius 2 is 2.17 bits per heavy atom. The van der Waals surface area contributed by atoms with Gasteiger partial charge in [0, 0.05) is 23.3 Å². The number of halogens is 2. The van der Waals surface area contributed by atoms with E-state index in [0.29, 0.717) is 10.8 Å². The van der Waals surface area contributed by atoms with Crippen molar-refractivity contribution in [3.05, 3.63) is 51.7 Å². The summed E-state index contributed by atoms with van der Waals surface area (Å²) >= 11 is 9.32. The average Bonchev–Trinajstić information content (AvgIpc) is 2.35. The van der Waals surface area contributed by atoms with Crippen LogP contribution in [0.15, 0.2) is 41.1 Å². The van der Waals surface area contributed by atoms with Gasteiger partial charge in [0.05, 0.1) is 10.7 Å². The summed E-state index contributed by atoms with van der Waals surface area (Å²) in [5, 5.41) is 3.76. The van der Waals surface area contributed by atoms with E-state index in [4.69, 9.17) is 16.3 Å².